The molecule has 3 aromatic rings. The van der Waals surface area contributed by atoms with Gasteiger partial charge in [-0.3, -0.25) is 4.79 Å². The van der Waals surface area contributed by atoms with Gasteiger partial charge in [0.05, 0.1) is 5.69 Å². The van der Waals surface area contributed by atoms with Crippen LogP contribution in [-0.4, -0.2) is 32.7 Å². The molecule has 1 aliphatic heterocycles. The zero-order valence-corrected chi connectivity index (χ0v) is 16.7. The van der Waals surface area contributed by atoms with Crippen molar-refractivity contribution in [3.63, 3.8) is 0 Å². The number of carbonyl (C=O) groups excluding carboxylic acids is 1. The highest BCUT2D eigenvalue weighted by Gasteiger charge is 2.26. The van der Waals surface area contributed by atoms with E-state index in [1.54, 1.807) is 13.0 Å². The fourth-order valence-electron chi connectivity index (χ4n) is 3.50. The molecule has 2 N–H and O–H groups in total. The smallest absolute Gasteiger partial charge is 0.249 e. The first kappa shape index (κ1) is 20.9. The Bertz CT molecular complexity index is 994. The zero-order valence-electron chi connectivity index (χ0n) is 15.9. The van der Waals surface area contributed by atoms with E-state index >= 15 is 0 Å². The molecule has 2 aromatic carbocycles. The SMILES string of the molecule is Cc1nnnn1C(Cc1ccccc1)C(=O)Nc1ccc2c(c1F)CCNC2.Cl. The first-order chi connectivity index (χ1) is 13.6. The number of anilines is 1. The molecule has 1 aliphatic rings. The molecule has 0 saturated carbocycles. The van der Waals surface area contributed by atoms with E-state index in [2.05, 4.69) is 26.2 Å². The van der Waals surface area contributed by atoms with Crippen molar-refractivity contribution < 1.29 is 9.18 Å². The van der Waals surface area contributed by atoms with E-state index in [9.17, 15) is 9.18 Å². The van der Waals surface area contributed by atoms with Gasteiger partial charge in [0.2, 0.25) is 5.91 Å². The molecule has 4 rings (SSSR count). The summed E-state index contributed by atoms with van der Waals surface area (Å²) in [6.07, 6.45) is 0.999. The number of halogens is 2. The van der Waals surface area contributed by atoms with Crippen LogP contribution >= 0.6 is 12.4 Å². The molecule has 7 nitrogen and oxygen atoms in total. The number of amides is 1. The number of aromatic nitrogens is 4. The maximum Gasteiger partial charge on any atom is 0.249 e. The number of hydrogen-bond donors (Lipinski definition) is 2. The van der Waals surface area contributed by atoms with E-state index in [-0.39, 0.29) is 29.8 Å². The number of benzene rings is 2. The van der Waals surface area contributed by atoms with Crippen molar-refractivity contribution in [2.75, 3.05) is 11.9 Å². The fraction of sp³-hybridized carbons (Fsp3) is 0.300. The van der Waals surface area contributed by atoms with Gasteiger partial charge in [-0.2, -0.15) is 0 Å². The maximum atomic E-state index is 14.9. The quantitative estimate of drug-likeness (QED) is 0.667. The van der Waals surface area contributed by atoms with E-state index < -0.39 is 6.04 Å². The van der Waals surface area contributed by atoms with Crippen LogP contribution in [0.1, 0.15) is 28.6 Å². The molecule has 0 radical (unpaired) electrons. The van der Waals surface area contributed by atoms with Gasteiger partial charge in [-0.25, -0.2) is 9.07 Å². The van der Waals surface area contributed by atoms with E-state index in [0.29, 0.717) is 30.8 Å². The third-order valence-electron chi connectivity index (χ3n) is 4.99. The summed E-state index contributed by atoms with van der Waals surface area (Å²) in [5.41, 5.74) is 2.75. The molecule has 2 heterocycles. The molecule has 29 heavy (non-hydrogen) atoms. The molecule has 0 fully saturated rings. The van der Waals surface area contributed by atoms with Crippen molar-refractivity contribution in [3.8, 4) is 0 Å². The lowest BCUT2D eigenvalue weighted by Gasteiger charge is -2.21. The second-order valence-electron chi connectivity index (χ2n) is 6.86. The van der Waals surface area contributed by atoms with E-state index in [1.165, 1.54) is 4.68 Å². The van der Waals surface area contributed by atoms with Gasteiger partial charge in [-0.05, 0) is 53.1 Å². The van der Waals surface area contributed by atoms with Crippen LogP contribution in [0.3, 0.4) is 0 Å². The minimum absolute atomic E-state index is 0. The topological polar surface area (TPSA) is 84.7 Å². The number of hydrogen-bond acceptors (Lipinski definition) is 5. The molecule has 0 bridgehead atoms. The molecule has 1 amide bonds. The summed E-state index contributed by atoms with van der Waals surface area (Å²) >= 11 is 0. The largest absolute Gasteiger partial charge is 0.322 e. The molecule has 9 heteroatoms. The van der Waals surface area contributed by atoms with Crippen LogP contribution in [0.4, 0.5) is 10.1 Å². The van der Waals surface area contributed by atoms with Gasteiger partial charge in [0, 0.05) is 13.0 Å². The molecular weight excluding hydrogens is 395 g/mol. The molecule has 1 aromatic heterocycles. The highest BCUT2D eigenvalue weighted by molar-refractivity contribution is 5.94. The Morgan fingerprint density at radius 2 is 2.07 bits per heavy atom. The molecule has 1 unspecified atom stereocenters. The average molecular weight is 417 g/mol. The van der Waals surface area contributed by atoms with E-state index in [0.717, 1.165) is 17.7 Å². The van der Waals surface area contributed by atoms with Gasteiger partial charge in [-0.15, -0.1) is 17.5 Å². The normalized spacial score (nSPS) is 13.9. The molecule has 0 spiro atoms. The minimum Gasteiger partial charge on any atom is -0.322 e. The third-order valence-corrected chi connectivity index (χ3v) is 4.99. The van der Waals surface area contributed by atoms with Crippen molar-refractivity contribution in [1.82, 2.24) is 25.5 Å². The highest BCUT2D eigenvalue weighted by Crippen LogP contribution is 2.26. The minimum atomic E-state index is -0.686. The number of carbonyl (C=O) groups is 1. The van der Waals surface area contributed by atoms with Crippen LogP contribution in [0.15, 0.2) is 42.5 Å². The Morgan fingerprint density at radius 1 is 1.28 bits per heavy atom. The van der Waals surface area contributed by atoms with Crippen molar-refractivity contribution >= 4 is 24.0 Å². The summed E-state index contributed by atoms with van der Waals surface area (Å²) in [4.78, 5) is 13.1. The summed E-state index contributed by atoms with van der Waals surface area (Å²) in [5, 5.41) is 17.5. The molecule has 0 saturated heterocycles. The van der Waals surface area contributed by atoms with Crippen LogP contribution in [-0.2, 0) is 24.2 Å². The van der Waals surface area contributed by atoms with Crippen LogP contribution in [0, 0.1) is 12.7 Å². The summed E-state index contributed by atoms with van der Waals surface area (Å²) < 4.78 is 16.4. The summed E-state index contributed by atoms with van der Waals surface area (Å²) in [6.45, 7) is 3.10. The van der Waals surface area contributed by atoms with Gasteiger partial charge in [0.25, 0.3) is 0 Å². The standard InChI is InChI=1S/C20H21FN6O.ClH/c1-13-24-25-26-27(13)18(11-14-5-3-2-4-6-14)20(28)23-17-8-7-15-12-22-10-9-16(15)19(17)21;/h2-8,18,22H,9-12H2,1H3,(H,23,28);1H. The predicted molar refractivity (Wildman–Crippen MR) is 109 cm³/mol. The highest BCUT2D eigenvalue weighted by atomic mass is 35.5. The van der Waals surface area contributed by atoms with Crippen molar-refractivity contribution in [1.29, 1.82) is 0 Å². The second-order valence-corrected chi connectivity index (χ2v) is 6.86. The Hall–Kier alpha value is -2.84. The van der Waals surface area contributed by atoms with E-state index in [1.807, 2.05) is 36.4 Å². The summed E-state index contributed by atoms with van der Waals surface area (Å²) in [7, 11) is 0. The van der Waals surface area contributed by atoms with Crippen LogP contribution in [0.2, 0.25) is 0 Å². The summed E-state index contributed by atoms with van der Waals surface area (Å²) in [5.74, 6) is -0.195. The maximum absolute atomic E-state index is 14.9. The molecule has 152 valence electrons. The van der Waals surface area contributed by atoms with Gasteiger partial charge in [0.15, 0.2) is 0 Å². The zero-order chi connectivity index (χ0) is 19.5. The Kier molecular flexibility index (Phi) is 6.56. The molecular formula is C20H22ClFN6O. The lowest BCUT2D eigenvalue weighted by Crippen LogP contribution is -2.30. The number of fused-ring (bicyclic) bond motifs is 1. The fourth-order valence-corrected chi connectivity index (χ4v) is 3.50. The monoisotopic (exact) mass is 416 g/mol. The Balaban J connectivity index is 0.00000240. The first-order valence-electron chi connectivity index (χ1n) is 9.23. The van der Waals surface area contributed by atoms with Gasteiger partial charge >= 0.3 is 0 Å². The average Bonchev–Trinajstić information content (AvgIpc) is 3.15. The van der Waals surface area contributed by atoms with Crippen molar-refractivity contribution in [2.45, 2.75) is 32.4 Å². The van der Waals surface area contributed by atoms with Gasteiger partial charge in [0.1, 0.15) is 17.7 Å². The number of aryl methyl sites for hydroxylation is 1. The van der Waals surface area contributed by atoms with E-state index in [4.69, 9.17) is 0 Å². The van der Waals surface area contributed by atoms with Gasteiger partial charge < -0.3 is 10.6 Å². The van der Waals surface area contributed by atoms with Crippen LogP contribution in [0.25, 0.3) is 0 Å². The van der Waals surface area contributed by atoms with Crippen molar-refractivity contribution in [2.24, 2.45) is 0 Å². The lowest BCUT2D eigenvalue weighted by molar-refractivity contribution is -0.119. The Labute approximate surface area is 174 Å². The number of nitrogens with zero attached hydrogens (tertiary/aromatic N) is 4. The van der Waals surface area contributed by atoms with Gasteiger partial charge in [-0.1, -0.05) is 36.4 Å². The van der Waals surface area contributed by atoms with Crippen LogP contribution < -0.4 is 10.6 Å². The Morgan fingerprint density at radius 3 is 2.79 bits per heavy atom. The first-order valence-corrected chi connectivity index (χ1v) is 9.23. The third kappa shape index (κ3) is 4.44. The number of nitrogens with one attached hydrogen (secondary N) is 2. The molecule has 0 aliphatic carbocycles. The molecule has 1 atom stereocenters. The number of tetrazole rings is 1. The lowest BCUT2D eigenvalue weighted by atomic mass is 9.99. The predicted octanol–water partition coefficient (Wildman–Crippen LogP) is 2.61. The van der Waals surface area contributed by atoms with Crippen LogP contribution in [0.5, 0.6) is 0 Å². The van der Waals surface area contributed by atoms with Crippen molar-refractivity contribution in [3.05, 3.63) is 70.8 Å². The summed E-state index contributed by atoms with van der Waals surface area (Å²) in [6, 6.07) is 12.4. The second kappa shape index (κ2) is 9.11. The number of rotatable bonds is 5.